The topological polar surface area (TPSA) is 73.8 Å². The molecule has 0 fully saturated rings. The highest BCUT2D eigenvalue weighted by Crippen LogP contribution is 2.08. The first-order chi connectivity index (χ1) is 9.97. The molecule has 2 N–H and O–H groups in total. The Hall–Kier alpha value is -1.08. The molecule has 0 saturated carbocycles. The number of rotatable bonds is 8. The summed E-state index contributed by atoms with van der Waals surface area (Å²) >= 11 is 0. The van der Waals surface area contributed by atoms with Crippen molar-refractivity contribution in [2.24, 2.45) is 4.99 Å². The van der Waals surface area contributed by atoms with Crippen LogP contribution in [-0.4, -0.2) is 57.2 Å². The van der Waals surface area contributed by atoms with Crippen LogP contribution >= 0.6 is 0 Å². The second kappa shape index (κ2) is 9.04. The molecule has 0 spiro atoms. The molecule has 1 aliphatic carbocycles. The standard InChI is InChI=1S/C14H28N4O2S/c1-4-15-14(17-13-9-6-7-10-13)16-11-8-12-18(5-2)21(3,19)20/h6-7,13H,4-5,8-12H2,1-3H3,(H2,15,16,17). The smallest absolute Gasteiger partial charge is 0.211 e. The average Bonchev–Trinajstić information content (AvgIpc) is 2.90. The molecule has 0 amide bonds. The summed E-state index contributed by atoms with van der Waals surface area (Å²) in [7, 11) is -3.10. The first kappa shape index (κ1) is 18.0. The summed E-state index contributed by atoms with van der Waals surface area (Å²) in [6, 6.07) is 0.422. The molecule has 0 radical (unpaired) electrons. The van der Waals surface area contributed by atoms with Crippen LogP contribution in [0.1, 0.15) is 33.1 Å². The van der Waals surface area contributed by atoms with E-state index in [1.54, 1.807) is 0 Å². The molecule has 0 aromatic carbocycles. The normalized spacial score (nSPS) is 16.7. The Morgan fingerprint density at radius 3 is 2.52 bits per heavy atom. The van der Waals surface area contributed by atoms with Crippen LogP contribution in [-0.2, 0) is 10.0 Å². The van der Waals surface area contributed by atoms with Crippen LogP contribution in [0.3, 0.4) is 0 Å². The van der Waals surface area contributed by atoms with Crippen LogP contribution in [0.15, 0.2) is 17.1 Å². The molecule has 0 aromatic rings. The van der Waals surface area contributed by atoms with E-state index < -0.39 is 10.0 Å². The van der Waals surface area contributed by atoms with Crippen LogP contribution in [0.4, 0.5) is 0 Å². The average molecular weight is 316 g/mol. The van der Waals surface area contributed by atoms with Crippen molar-refractivity contribution < 1.29 is 8.42 Å². The molecule has 0 bridgehead atoms. The highest BCUT2D eigenvalue weighted by atomic mass is 32.2. The highest BCUT2D eigenvalue weighted by Gasteiger charge is 2.14. The van der Waals surface area contributed by atoms with E-state index >= 15 is 0 Å². The Balaban J connectivity index is 2.39. The van der Waals surface area contributed by atoms with Crippen molar-refractivity contribution in [3.05, 3.63) is 12.2 Å². The number of aliphatic imine (C=N–C) groups is 1. The number of hydrogen-bond donors (Lipinski definition) is 2. The first-order valence-electron chi connectivity index (χ1n) is 7.62. The first-order valence-corrected chi connectivity index (χ1v) is 9.47. The molecule has 1 rings (SSSR count). The van der Waals surface area contributed by atoms with E-state index in [0.717, 1.165) is 31.8 Å². The Labute approximate surface area is 128 Å². The third kappa shape index (κ3) is 6.95. The van der Waals surface area contributed by atoms with Gasteiger partial charge in [-0.1, -0.05) is 19.1 Å². The van der Waals surface area contributed by atoms with Gasteiger partial charge in [0.2, 0.25) is 10.0 Å². The number of hydrogen-bond acceptors (Lipinski definition) is 3. The maximum absolute atomic E-state index is 11.5. The van der Waals surface area contributed by atoms with Gasteiger partial charge >= 0.3 is 0 Å². The second-order valence-corrected chi connectivity index (χ2v) is 7.14. The summed E-state index contributed by atoms with van der Waals surface area (Å²) in [5.74, 6) is 0.814. The summed E-state index contributed by atoms with van der Waals surface area (Å²) in [5.41, 5.74) is 0. The molecule has 21 heavy (non-hydrogen) atoms. The van der Waals surface area contributed by atoms with E-state index in [1.807, 2.05) is 13.8 Å². The van der Waals surface area contributed by atoms with Crippen LogP contribution in [0.2, 0.25) is 0 Å². The van der Waals surface area contributed by atoms with Crippen LogP contribution in [0, 0.1) is 0 Å². The zero-order valence-corrected chi connectivity index (χ0v) is 14.1. The minimum absolute atomic E-state index is 0.422. The van der Waals surface area contributed by atoms with Crippen molar-refractivity contribution in [2.75, 3.05) is 32.4 Å². The van der Waals surface area contributed by atoms with E-state index in [2.05, 4.69) is 27.8 Å². The predicted molar refractivity (Wildman–Crippen MR) is 88.0 cm³/mol. The molecule has 7 heteroatoms. The monoisotopic (exact) mass is 316 g/mol. The Kier molecular flexibility index (Phi) is 7.74. The quantitative estimate of drug-likeness (QED) is 0.302. The van der Waals surface area contributed by atoms with E-state index in [1.165, 1.54) is 10.6 Å². The van der Waals surface area contributed by atoms with Gasteiger partial charge in [0, 0.05) is 32.2 Å². The van der Waals surface area contributed by atoms with Crippen LogP contribution in [0.5, 0.6) is 0 Å². The fourth-order valence-electron chi connectivity index (χ4n) is 2.24. The van der Waals surface area contributed by atoms with Crippen molar-refractivity contribution in [2.45, 2.75) is 39.2 Å². The van der Waals surface area contributed by atoms with E-state index in [9.17, 15) is 8.42 Å². The fourth-order valence-corrected chi connectivity index (χ4v) is 3.17. The van der Waals surface area contributed by atoms with Gasteiger partial charge in [-0.05, 0) is 26.2 Å². The van der Waals surface area contributed by atoms with Gasteiger partial charge in [-0.3, -0.25) is 4.99 Å². The van der Waals surface area contributed by atoms with Crippen molar-refractivity contribution >= 4 is 16.0 Å². The molecule has 0 aromatic heterocycles. The van der Waals surface area contributed by atoms with Crippen molar-refractivity contribution in [3.63, 3.8) is 0 Å². The van der Waals surface area contributed by atoms with Crippen molar-refractivity contribution in [1.29, 1.82) is 0 Å². The largest absolute Gasteiger partial charge is 0.357 e. The Morgan fingerprint density at radius 1 is 1.33 bits per heavy atom. The summed E-state index contributed by atoms with van der Waals surface area (Å²) in [6.07, 6.45) is 8.38. The summed E-state index contributed by atoms with van der Waals surface area (Å²) in [5, 5.41) is 6.61. The van der Waals surface area contributed by atoms with Crippen molar-refractivity contribution in [1.82, 2.24) is 14.9 Å². The molecule has 0 saturated heterocycles. The van der Waals surface area contributed by atoms with Gasteiger partial charge in [-0.2, -0.15) is 0 Å². The predicted octanol–water partition coefficient (Wildman–Crippen LogP) is 0.932. The fraction of sp³-hybridized carbons (Fsp3) is 0.786. The van der Waals surface area contributed by atoms with Gasteiger partial charge in [0.05, 0.1) is 6.26 Å². The van der Waals surface area contributed by atoms with Gasteiger partial charge < -0.3 is 10.6 Å². The van der Waals surface area contributed by atoms with Gasteiger partial charge in [0.15, 0.2) is 5.96 Å². The summed E-state index contributed by atoms with van der Waals surface area (Å²) in [4.78, 5) is 4.51. The zero-order chi connectivity index (χ0) is 15.7. The number of nitrogens with one attached hydrogen (secondary N) is 2. The molecule has 0 heterocycles. The van der Waals surface area contributed by atoms with Crippen LogP contribution < -0.4 is 10.6 Å². The third-order valence-electron chi connectivity index (χ3n) is 3.35. The second-order valence-electron chi connectivity index (χ2n) is 5.15. The molecule has 0 aliphatic heterocycles. The minimum atomic E-state index is -3.10. The molecule has 1 aliphatic rings. The lowest BCUT2D eigenvalue weighted by molar-refractivity contribution is 0.427. The Bertz CT molecular complexity index is 452. The van der Waals surface area contributed by atoms with Gasteiger partial charge in [0.1, 0.15) is 0 Å². The Morgan fingerprint density at radius 2 is 2.00 bits per heavy atom. The lowest BCUT2D eigenvalue weighted by Gasteiger charge is -2.18. The van der Waals surface area contributed by atoms with Crippen LogP contribution in [0.25, 0.3) is 0 Å². The number of sulfonamides is 1. The number of nitrogens with zero attached hydrogens (tertiary/aromatic N) is 2. The van der Waals surface area contributed by atoms with Crippen molar-refractivity contribution in [3.8, 4) is 0 Å². The SMILES string of the molecule is CCNC(=NCCCN(CC)S(C)(=O)=O)NC1CC=CC1. The van der Waals surface area contributed by atoms with Gasteiger partial charge in [-0.25, -0.2) is 12.7 Å². The van der Waals surface area contributed by atoms with E-state index in [4.69, 9.17) is 0 Å². The van der Waals surface area contributed by atoms with E-state index in [-0.39, 0.29) is 0 Å². The van der Waals surface area contributed by atoms with E-state index in [0.29, 0.717) is 25.7 Å². The maximum Gasteiger partial charge on any atom is 0.211 e. The summed E-state index contributed by atoms with van der Waals surface area (Å²) < 4.78 is 24.4. The molecule has 122 valence electrons. The number of guanidine groups is 1. The van der Waals surface area contributed by atoms with Gasteiger partial charge in [0.25, 0.3) is 0 Å². The lowest BCUT2D eigenvalue weighted by Crippen LogP contribution is -2.42. The molecule has 6 nitrogen and oxygen atoms in total. The van der Waals surface area contributed by atoms with Gasteiger partial charge in [-0.15, -0.1) is 0 Å². The molecular weight excluding hydrogens is 288 g/mol. The minimum Gasteiger partial charge on any atom is -0.357 e. The molecule has 0 unspecified atom stereocenters. The summed E-state index contributed by atoms with van der Waals surface area (Å²) in [6.45, 7) is 6.34. The molecular formula is C14H28N4O2S. The third-order valence-corrected chi connectivity index (χ3v) is 4.73. The molecule has 0 atom stereocenters. The maximum atomic E-state index is 11.5. The zero-order valence-electron chi connectivity index (χ0n) is 13.3. The highest BCUT2D eigenvalue weighted by molar-refractivity contribution is 7.88. The lowest BCUT2D eigenvalue weighted by atomic mass is 10.2.